The standard InChI is InChI=1S/C15H31NO2.C2H6/c1-5-7-11-15(10-6-2)17-13-14(18-15)9-8-12-16(3)4;1-2/h14H,5-13H2,1-4H3;1-2H3. The van der Waals surface area contributed by atoms with Crippen molar-refractivity contribution < 1.29 is 9.47 Å². The molecule has 3 nitrogen and oxygen atoms in total. The maximum atomic E-state index is 6.23. The van der Waals surface area contributed by atoms with E-state index in [4.69, 9.17) is 9.47 Å². The molecular weight excluding hydrogens is 250 g/mol. The fourth-order valence-corrected chi connectivity index (χ4v) is 2.61. The molecular formula is C17H37NO2. The summed E-state index contributed by atoms with van der Waals surface area (Å²) in [4.78, 5) is 2.23. The second-order valence-electron chi connectivity index (χ2n) is 5.76. The summed E-state index contributed by atoms with van der Waals surface area (Å²) in [6, 6.07) is 0. The molecule has 1 aliphatic heterocycles. The zero-order chi connectivity index (χ0) is 15.4. The van der Waals surface area contributed by atoms with Gasteiger partial charge in [0.15, 0.2) is 5.79 Å². The van der Waals surface area contributed by atoms with Crippen LogP contribution in [0.15, 0.2) is 0 Å². The minimum Gasteiger partial charge on any atom is -0.347 e. The Bertz CT molecular complexity index is 221. The van der Waals surface area contributed by atoms with Crippen molar-refractivity contribution in [1.82, 2.24) is 4.90 Å². The predicted molar refractivity (Wildman–Crippen MR) is 87.1 cm³/mol. The largest absolute Gasteiger partial charge is 0.347 e. The van der Waals surface area contributed by atoms with Gasteiger partial charge in [-0.15, -0.1) is 0 Å². The molecule has 0 aliphatic carbocycles. The Hall–Kier alpha value is -0.120. The van der Waals surface area contributed by atoms with Crippen LogP contribution >= 0.6 is 0 Å². The normalized spacial score (nSPS) is 25.6. The van der Waals surface area contributed by atoms with Crippen LogP contribution in [0, 0.1) is 0 Å². The maximum absolute atomic E-state index is 6.23. The molecule has 1 fully saturated rings. The van der Waals surface area contributed by atoms with Gasteiger partial charge in [0.05, 0.1) is 12.7 Å². The number of hydrogen-bond acceptors (Lipinski definition) is 3. The summed E-state index contributed by atoms with van der Waals surface area (Å²) in [7, 11) is 4.24. The molecule has 0 aromatic rings. The van der Waals surface area contributed by atoms with Gasteiger partial charge in [-0.25, -0.2) is 0 Å². The highest BCUT2D eigenvalue weighted by Crippen LogP contribution is 2.34. The van der Waals surface area contributed by atoms with Crippen LogP contribution in [0.3, 0.4) is 0 Å². The van der Waals surface area contributed by atoms with Crippen molar-refractivity contribution in [2.24, 2.45) is 0 Å². The molecule has 1 saturated heterocycles. The number of hydrogen-bond donors (Lipinski definition) is 0. The summed E-state index contributed by atoms with van der Waals surface area (Å²) in [5.41, 5.74) is 0. The monoisotopic (exact) mass is 287 g/mol. The Labute approximate surface area is 127 Å². The summed E-state index contributed by atoms with van der Waals surface area (Å²) in [6.45, 7) is 10.4. The predicted octanol–water partition coefficient (Wildman–Crippen LogP) is 4.46. The van der Waals surface area contributed by atoms with Gasteiger partial charge in [0.1, 0.15) is 0 Å². The maximum Gasteiger partial charge on any atom is 0.168 e. The lowest BCUT2D eigenvalue weighted by atomic mass is 10.0. The van der Waals surface area contributed by atoms with Gasteiger partial charge in [-0.3, -0.25) is 0 Å². The van der Waals surface area contributed by atoms with E-state index in [0.717, 1.165) is 38.8 Å². The molecule has 2 atom stereocenters. The van der Waals surface area contributed by atoms with Crippen LogP contribution in [-0.2, 0) is 9.47 Å². The lowest BCUT2D eigenvalue weighted by molar-refractivity contribution is -0.179. The van der Waals surface area contributed by atoms with E-state index in [0.29, 0.717) is 6.10 Å². The highest BCUT2D eigenvalue weighted by Gasteiger charge is 2.39. The Morgan fingerprint density at radius 2 is 1.75 bits per heavy atom. The summed E-state index contributed by atoms with van der Waals surface area (Å²) in [5, 5.41) is 0. The second-order valence-corrected chi connectivity index (χ2v) is 5.76. The fraction of sp³-hybridized carbons (Fsp3) is 1.00. The first-order valence-corrected chi connectivity index (χ1v) is 8.58. The molecule has 1 rings (SSSR count). The number of nitrogens with zero attached hydrogens (tertiary/aromatic N) is 1. The Morgan fingerprint density at radius 1 is 1.05 bits per heavy atom. The molecule has 122 valence electrons. The third-order valence-corrected chi connectivity index (χ3v) is 3.59. The van der Waals surface area contributed by atoms with E-state index in [-0.39, 0.29) is 5.79 Å². The van der Waals surface area contributed by atoms with Crippen LogP contribution in [0.25, 0.3) is 0 Å². The highest BCUT2D eigenvalue weighted by atomic mass is 16.7. The van der Waals surface area contributed by atoms with Crippen LogP contribution in [0.2, 0.25) is 0 Å². The van der Waals surface area contributed by atoms with Crippen LogP contribution in [0.4, 0.5) is 0 Å². The van der Waals surface area contributed by atoms with E-state index in [9.17, 15) is 0 Å². The summed E-state index contributed by atoms with van der Waals surface area (Å²) >= 11 is 0. The third-order valence-electron chi connectivity index (χ3n) is 3.59. The van der Waals surface area contributed by atoms with Gasteiger partial charge in [-0.05, 0) is 39.9 Å². The molecule has 0 amide bonds. The van der Waals surface area contributed by atoms with Crippen LogP contribution in [0.1, 0.15) is 72.6 Å². The van der Waals surface area contributed by atoms with Crippen molar-refractivity contribution in [2.75, 3.05) is 27.2 Å². The molecule has 1 heterocycles. The van der Waals surface area contributed by atoms with Crippen LogP contribution < -0.4 is 0 Å². The summed E-state index contributed by atoms with van der Waals surface area (Å²) < 4.78 is 12.3. The molecule has 0 aromatic carbocycles. The van der Waals surface area contributed by atoms with E-state index in [2.05, 4.69) is 32.8 Å². The smallest absolute Gasteiger partial charge is 0.168 e. The molecule has 0 spiro atoms. The molecule has 0 saturated carbocycles. The molecule has 20 heavy (non-hydrogen) atoms. The van der Waals surface area contributed by atoms with Gasteiger partial charge in [0, 0.05) is 12.8 Å². The molecule has 0 bridgehead atoms. The molecule has 0 N–H and O–H groups in total. The second kappa shape index (κ2) is 11.5. The number of unbranched alkanes of at least 4 members (excludes halogenated alkanes) is 1. The first-order chi connectivity index (χ1) is 9.62. The van der Waals surface area contributed by atoms with E-state index in [1.165, 1.54) is 19.3 Å². The van der Waals surface area contributed by atoms with E-state index >= 15 is 0 Å². The first kappa shape index (κ1) is 19.9. The van der Waals surface area contributed by atoms with Crippen molar-refractivity contribution in [1.29, 1.82) is 0 Å². The van der Waals surface area contributed by atoms with Crippen molar-refractivity contribution in [3.8, 4) is 0 Å². The topological polar surface area (TPSA) is 21.7 Å². The zero-order valence-electron chi connectivity index (χ0n) is 14.7. The quantitative estimate of drug-likeness (QED) is 0.625. The average Bonchev–Trinajstić information content (AvgIpc) is 2.83. The molecule has 0 aromatic heterocycles. The average molecular weight is 287 g/mol. The van der Waals surface area contributed by atoms with Crippen molar-refractivity contribution in [3.63, 3.8) is 0 Å². The molecule has 1 aliphatic rings. The van der Waals surface area contributed by atoms with Gasteiger partial charge in [0.2, 0.25) is 0 Å². The van der Waals surface area contributed by atoms with E-state index in [1.807, 2.05) is 13.8 Å². The van der Waals surface area contributed by atoms with Crippen molar-refractivity contribution in [3.05, 3.63) is 0 Å². The van der Waals surface area contributed by atoms with Crippen LogP contribution in [0.5, 0.6) is 0 Å². The lowest BCUT2D eigenvalue weighted by Gasteiger charge is -2.28. The molecule has 3 heteroatoms. The lowest BCUT2D eigenvalue weighted by Crippen LogP contribution is -2.31. The van der Waals surface area contributed by atoms with Crippen molar-refractivity contribution >= 4 is 0 Å². The van der Waals surface area contributed by atoms with Crippen LogP contribution in [-0.4, -0.2) is 44.0 Å². The first-order valence-electron chi connectivity index (χ1n) is 8.58. The Kier molecular flexibility index (Phi) is 11.5. The van der Waals surface area contributed by atoms with E-state index < -0.39 is 0 Å². The van der Waals surface area contributed by atoms with Crippen molar-refractivity contribution in [2.45, 2.75) is 84.5 Å². The minimum atomic E-state index is -0.256. The van der Waals surface area contributed by atoms with E-state index in [1.54, 1.807) is 0 Å². The Morgan fingerprint density at radius 3 is 2.30 bits per heavy atom. The van der Waals surface area contributed by atoms with Gasteiger partial charge in [-0.1, -0.05) is 40.5 Å². The SMILES string of the molecule is CC.CCCCC1(CCC)OCC(CCCN(C)C)O1. The number of ether oxygens (including phenoxy) is 2. The summed E-state index contributed by atoms with van der Waals surface area (Å²) in [5.74, 6) is -0.256. The Balaban J connectivity index is 0.00000172. The highest BCUT2D eigenvalue weighted by molar-refractivity contribution is 4.79. The van der Waals surface area contributed by atoms with Gasteiger partial charge in [-0.2, -0.15) is 0 Å². The zero-order valence-corrected chi connectivity index (χ0v) is 14.7. The van der Waals surface area contributed by atoms with Gasteiger partial charge >= 0.3 is 0 Å². The van der Waals surface area contributed by atoms with Gasteiger partial charge in [0.25, 0.3) is 0 Å². The summed E-state index contributed by atoms with van der Waals surface area (Å²) in [6.07, 6.45) is 8.27. The molecule has 2 unspecified atom stereocenters. The molecule has 0 radical (unpaired) electrons. The number of rotatable bonds is 9. The van der Waals surface area contributed by atoms with Gasteiger partial charge < -0.3 is 14.4 Å². The third kappa shape index (κ3) is 7.61. The minimum absolute atomic E-state index is 0.256. The fourth-order valence-electron chi connectivity index (χ4n) is 2.61.